The summed E-state index contributed by atoms with van der Waals surface area (Å²) < 4.78 is 31.3. The lowest BCUT2D eigenvalue weighted by Crippen LogP contribution is -2.20. The SMILES string of the molecule is COc1c(Cl)cc(Cl)cc1C(Nc1cccc(C)c1)P(=O)(OC(C)C)OC(C)C. The summed E-state index contributed by atoms with van der Waals surface area (Å²) in [6.07, 6.45) is -0.663. The van der Waals surface area contributed by atoms with Crippen molar-refractivity contribution in [2.75, 3.05) is 12.4 Å². The smallest absolute Gasteiger partial charge is 0.357 e. The Hall–Kier alpha value is -1.23. The number of hydrogen-bond acceptors (Lipinski definition) is 5. The average Bonchev–Trinajstić information content (AvgIpc) is 2.57. The van der Waals surface area contributed by atoms with Crippen molar-refractivity contribution >= 4 is 36.5 Å². The van der Waals surface area contributed by atoms with Crippen molar-refractivity contribution in [3.63, 3.8) is 0 Å². The minimum atomic E-state index is -3.73. The van der Waals surface area contributed by atoms with E-state index in [9.17, 15) is 4.57 Å². The van der Waals surface area contributed by atoms with Crippen molar-refractivity contribution < 1.29 is 18.3 Å². The maximum Gasteiger partial charge on any atom is 0.357 e. The zero-order valence-electron chi connectivity index (χ0n) is 17.5. The Bertz CT molecular complexity index is 875. The molecule has 0 aliphatic heterocycles. The number of hydrogen-bond donors (Lipinski definition) is 1. The standard InChI is InChI=1S/C21H28Cl2NO4P/c1-13(2)27-29(25,28-14(3)4)21(24-17-9-7-8-15(5)10-17)18-11-16(22)12-19(23)20(18)26-6/h7-14,21,24H,1-6H3. The second-order valence-corrected chi connectivity index (χ2v) is 10.1. The average molecular weight is 460 g/mol. The summed E-state index contributed by atoms with van der Waals surface area (Å²) in [5.74, 6) is -0.526. The van der Waals surface area contributed by atoms with E-state index in [1.54, 1.807) is 12.1 Å². The summed E-state index contributed by atoms with van der Waals surface area (Å²) in [7, 11) is -2.23. The summed E-state index contributed by atoms with van der Waals surface area (Å²) >= 11 is 12.6. The number of benzene rings is 2. The van der Waals surface area contributed by atoms with E-state index in [-0.39, 0.29) is 12.2 Å². The highest BCUT2D eigenvalue weighted by atomic mass is 35.5. The first-order valence-corrected chi connectivity index (χ1v) is 11.7. The number of anilines is 1. The number of rotatable bonds is 9. The fourth-order valence-electron chi connectivity index (χ4n) is 2.95. The van der Waals surface area contributed by atoms with Crippen LogP contribution < -0.4 is 10.1 Å². The van der Waals surface area contributed by atoms with Crippen molar-refractivity contribution in [1.29, 1.82) is 0 Å². The van der Waals surface area contributed by atoms with Crippen LogP contribution in [0.15, 0.2) is 36.4 Å². The third-order valence-electron chi connectivity index (χ3n) is 3.89. The van der Waals surface area contributed by atoms with E-state index in [1.807, 2.05) is 58.9 Å². The number of methoxy groups -OCH3 is 1. The van der Waals surface area contributed by atoms with E-state index in [0.29, 0.717) is 21.4 Å². The van der Waals surface area contributed by atoms with Crippen molar-refractivity contribution in [3.8, 4) is 5.75 Å². The van der Waals surface area contributed by atoms with Gasteiger partial charge in [-0.05, 0) is 64.4 Å². The maximum absolute atomic E-state index is 14.1. The second kappa shape index (κ2) is 10.2. The minimum Gasteiger partial charge on any atom is -0.495 e. The number of nitrogens with one attached hydrogen (secondary N) is 1. The Morgan fingerprint density at radius 2 is 1.62 bits per heavy atom. The minimum absolute atomic E-state index is 0.312. The van der Waals surface area contributed by atoms with E-state index >= 15 is 0 Å². The fraction of sp³-hybridized carbons (Fsp3) is 0.429. The van der Waals surface area contributed by atoms with Gasteiger partial charge in [0.05, 0.1) is 24.3 Å². The number of ether oxygens (including phenoxy) is 1. The maximum atomic E-state index is 14.1. The lowest BCUT2D eigenvalue weighted by Gasteiger charge is -2.32. The Morgan fingerprint density at radius 3 is 2.14 bits per heavy atom. The molecule has 1 unspecified atom stereocenters. The first-order valence-electron chi connectivity index (χ1n) is 9.38. The lowest BCUT2D eigenvalue weighted by atomic mass is 10.1. The molecule has 2 rings (SSSR count). The molecule has 0 aromatic heterocycles. The molecule has 0 aliphatic carbocycles. The van der Waals surface area contributed by atoms with Gasteiger partial charge in [-0.15, -0.1) is 0 Å². The van der Waals surface area contributed by atoms with E-state index in [2.05, 4.69) is 5.32 Å². The molecular formula is C21H28Cl2NO4P. The molecule has 0 saturated heterocycles. The molecule has 160 valence electrons. The normalized spacial score (nSPS) is 13.0. The molecule has 0 amide bonds. The van der Waals surface area contributed by atoms with Gasteiger partial charge in [-0.3, -0.25) is 4.57 Å². The first-order chi connectivity index (χ1) is 13.6. The summed E-state index contributed by atoms with van der Waals surface area (Å²) in [4.78, 5) is 0. The molecule has 0 saturated carbocycles. The van der Waals surface area contributed by atoms with Crippen LogP contribution in [-0.4, -0.2) is 19.3 Å². The molecule has 0 spiro atoms. The van der Waals surface area contributed by atoms with Crippen molar-refractivity contribution in [3.05, 3.63) is 57.6 Å². The third-order valence-corrected chi connectivity index (χ3v) is 6.86. The van der Waals surface area contributed by atoms with Gasteiger partial charge in [-0.1, -0.05) is 35.3 Å². The van der Waals surface area contributed by atoms with Gasteiger partial charge in [0.1, 0.15) is 5.75 Å². The highest BCUT2D eigenvalue weighted by Gasteiger charge is 2.41. The zero-order chi connectivity index (χ0) is 21.8. The van der Waals surface area contributed by atoms with Gasteiger partial charge in [0.2, 0.25) is 0 Å². The summed E-state index contributed by atoms with van der Waals surface area (Å²) in [6.45, 7) is 9.21. The molecule has 2 aromatic carbocycles. The van der Waals surface area contributed by atoms with Crippen LogP contribution in [0, 0.1) is 6.92 Å². The van der Waals surface area contributed by atoms with Crippen LogP contribution in [0.1, 0.15) is 44.6 Å². The molecule has 29 heavy (non-hydrogen) atoms. The number of halogens is 2. The van der Waals surface area contributed by atoms with Crippen molar-refractivity contribution in [2.24, 2.45) is 0 Å². The molecule has 0 aliphatic rings. The van der Waals surface area contributed by atoms with Gasteiger partial charge in [-0.25, -0.2) is 0 Å². The zero-order valence-corrected chi connectivity index (χ0v) is 19.9. The summed E-state index contributed by atoms with van der Waals surface area (Å²) in [5, 5.41) is 4.01. The molecule has 0 radical (unpaired) electrons. The van der Waals surface area contributed by atoms with Crippen LogP contribution in [0.25, 0.3) is 0 Å². The van der Waals surface area contributed by atoms with Crippen LogP contribution in [0.3, 0.4) is 0 Å². The van der Waals surface area contributed by atoms with Gasteiger partial charge in [0, 0.05) is 16.3 Å². The number of aryl methyl sites for hydroxylation is 1. The van der Waals surface area contributed by atoms with Crippen LogP contribution >= 0.6 is 30.8 Å². The summed E-state index contributed by atoms with van der Waals surface area (Å²) in [6, 6.07) is 11.0. The molecule has 1 N–H and O–H groups in total. The highest BCUT2D eigenvalue weighted by Crippen LogP contribution is 2.64. The molecule has 0 bridgehead atoms. The molecular weight excluding hydrogens is 432 g/mol. The van der Waals surface area contributed by atoms with Gasteiger partial charge in [0.15, 0.2) is 5.78 Å². The van der Waals surface area contributed by atoms with Crippen molar-refractivity contribution in [2.45, 2.75) is 52.6 Å². The van der Waals surface area contributed by atoms with E-state index in [1.165, 1.54) is 7.11 Å². The topological polar surface area (TPSA) is 56.8 Å². The first kappa shape index (κ1) is 24.0. The van der Waals surface area contributed by atoms with Crippen LogP contribution in [-0.2, 0) is 13.6 Å². The fourth-order valence-corrected chi connectivity index (χ4v) is 5.85. The van der Waals surface area contributed by atoms with E-state index < -0.39 is 13.4 Å². The van der Waals surface area contributed by atoms with Crippen LogP contribution in [0.4, 0.5) is 5.69 Å². The predicted octanol–water partition coefficient (Wildman–Crippen LogP) is 7.46. The second-order valence-electron chi connectivity index (χ2n) is 7.27. The Kier molecular flexibility index (Phi) is 8.45. The van der Waals surface area contributed by atoms with Crippen LogP contribution in [0.2, 0.25) is 10.0 Å². The third kappa shape index (κ3) is 6.37. The Balaban J connectivity index is 2.69. The Morgan fingerprint density at radius 1 is 1.00 bits per heavy atom. The van der Waals surface area contributed by atoms with Crippen molar-refractivity contribution in [1.82, 2.24) is 0 Å². The van der Waals surface area contributed by atoms with Gasteiger partial charge >= 0.3 is 7.60 Å². The predicted molar refractivity (Wildman–Crippen MR) is 121 cm³/mol. The molecule has 2 aromatic rings. The lowest BCUT2D eigenvalue weighted by molar-refractivity contribution is 0.138. The molecule has 1 atom stereocenters. The molecule has 0 fully saturated rings. The largest absolute Gasteiger partial charge is 0.495 e. The van der Waals surface area contributed by atoms with E-state index in [4.69, 9.17) is 37.0 Å². The quantitative estimate of drug-likeness (QED) is 0.394. The van der Waals surface area contributed by atoms with Gasteiger partial charge in [0.25, 0.3) is 0 Å². The molecule has 8 heteroatoms. The Labute approximate surface area is 183 Å². The monoisotopic (exact) mass is 459 g/mol. The molecule has 5 nitrogen and oxygen atoms in total. The highest BCUT2D eigenvalue weighted by molar-refractivity contribution is 7.54. The van der Waals surface area contributed by atoms with Gasteiger partial charge in [-0.2, -0.15) is 0 Å². The molecule has 0 heterocycles. The van der Waals surface area contributed by atoms with E-state index in [0.717, 1.165) is 11.3 Å². The van der Waals surface area contributed by atoms with Crippen LogP contribution in [0.5, 0.6) is 5.75 Å². The van der Waals surface area contributed by atoms with Gasteiger partial charge < -0.3 is 19.1 Å². The summed E-state index contributed by atoms with van der Waals surface area (Å²) in [5.41, 5.74) is 2.30.